The fraction of sp³-hybridized carbons (Fsp3) is 0.824. The van der Waals surface area contributed by atoms with Gasteiger partial charge >= 0.3 is 5.97 Å². The van der Waals surface area contributed by atoms with Crippen molar-refractivity contribution < 1.29 is 49.3 Å². The molecule has 0 aromatic rings. The zero-order chi connectivity index (χ0) is 57.5. The van der Waals surface area contributed by atoms with E-state index in [2.05, 4.69) is 74.7 Å². The molecule has 1 amide bonds. The van der Waals surface area contributed by atoms with Crippen LogP contribution in [0.3, 0.4) is 0 Å². The first-order valence-corrected chi connectivity index (χ1v) is 33.1. The number of carbonyl (C=O) groups excluding carboxylic acids is 2. The van der Waals surface area contributed by atoms with Crippen molar-refractivity contribution in [3.63, 3.8) is 0 Å². The van der Waals surface area contributed by atoms with Gasteiger partial charge in [-0.1, -0.05) is 261 Å². The lowest BCUT2D eigenvalue weighted by molar-refractivity contribution is -0.305. The Kier molecular flexibility index (Phi) is 52.6. The van der Waals surface area contributed by atoms with Gasteiger partial charge in [0.1, 0.15) is 24.4 Å². The zero-order valence-corrected chi connectivity index (χ0v) is 51.0. The van der Waals surface area contributed by atoms with E-state index in [4.69, 9.17) is 14.2 Å². The van der Waals surface area contributed by atoms with E-state index in [0.29, 0.717) is 12.8 Å². The first-order chi connectivity index (χ1) is 38.7. The molecule has 0 aliphatic carbocycles. The molecule has 0 spiro atoms. The summed E-state index contributed by atoms with van der Waals surface area (Å²) in [7, 11) is 0. The normalized spacial score (nSPS) is 19.2. The summed E-state index contributed by atoms with van der Waals surface area (Å²) in [5.74, 6) is -1.21. The molecule has 11 heteroatoms. The van der Waals surface area contributed by atoms with Crippen LogP contribution in [0, 0.1) is 0 Å². The number of allylic oxidation sites excluding steroid dienone is 9. The Morgan fingerprint density at radius 1 is 0.494 bits per heavy atom. The minimum atomic E-state index is -1.62. The highest BCUT2D eigenvalue weighted by Crippen LogP contribution is 2.26. The van der Waals surface area contributed by atoms with E-state index in [0.717, 1.165) is 70.6 Å². The second-order valence-corrected chi connectivity index (χ2v) is 22.8. The monoisotopic (exact) mass is 1110 g/mol. The number of esters is 1. The molecule has 1 aliphatic heterocycles. The van der Waals surface area contributed by atoms with Crippen molar-refractivity contribution >= 4 is 11.9 Å². The molecule has 460 valence electrons. The van der Waals surface area contributed by atoms with E-state index in [-0.39, 0.29) is 19.4 Å². The number of rotatable bonds is 56. The standard InChI is InChI=1S/C68H123NO10/c1-4-7-10-13-16-19-22-24-25-26-27-28-29-30-31-32-33-34-35-36-37-38-41-44-47-50-53-56-63(73)79-66-65(75)64(74)62(57-70)78-68(66)77-58-59(60(71)54-51-48-45-42-39-21-18-15-12-9-6-3)69-67(76)61(72)55-52-49-46-43-40-23-20-17-14-11-8-5-2/h16,19,24-25,27-28,40,43,51,54,59-62,64-66,68,70-72,74-75H,4-15,17-18,20-23,26,29-39,41-42,44-50,52-53,55-58H2,1-3H3,(H,69,76)/b19-16-,25-24-,28-27-,43-40-,54-51+. The molecule has 6 N–H and O–H groups in total. The van der Waals surface area contributed by atoms with Gasteiger partial charge in [0, 0.05) is 6.42 Å². The van der Waals surface area contributed by atoms with E-state index in [1.807, 2.05) is 6.08 Å². The predicted molar refractivity (Wildman–Crippen MR) is 329 cm³/mol. The maximum absolute atomic E-state index is 13.4. The van der Waals surface area contributed by atoms with Gasteiger partial charge in [-0.15, -0.1) is 0 Å². The fourth-order valence-corrected chi connectivity index (χ4v) is 10.1. The van der Waals surface area contributed by atoms with Gasteiger partial charge in [0.15, 0.2) is 12.4 Å². The maximum Gasteiger partial charge on any atom is 0.306 e. The van der Waals surface area contributed by atoms with Crippen molar-refractivity contribution in [3.05, 3.63) is 60.8 Å². The van der Waals surface area contributed by atoms with Crippen molar-refractivity contribution in [1.82, 2.24) is 5.32 Å². The summed E-state index contributed by atoms with van der Waals surface area (Å²) in [5, 5.41) is 56.9. The Labute approximate surface area is 484 Å². The van der Waals surface area contributed by atoms with Gasteiger partial charge in [0.2, 0.25) is 5.91 Å². The molecule has 11 nitrogen and oxygen atoms in total. The Balaban J connectivity index is 2.53. The number of aliphatic hydroxyl groups is 5. The molecule has 0 saturated carbocycles. The topological polar surface area (TPSA) is 175 Å². The Morgan fingerprint density at radius 2 is 0.873 bits per heavy atom. The van der Waals surface area contributed by atoms with Crippen molar-refractivity contribution in [3.8, 4) is 0 Å². The molecule has 8 atom stereocenters. The van der Waals surface area contributed by atoms with Crippen LogP contribution in [0.1, 0.15) is 297 Å². The highest BCUT2D eigenvalue weighted by atomic mass is 16.7. The summed E-state index contributed by atoms with van der Waals surface area (Å²) in [6.07, 6.45) is 59.9. The van der Waals surface area contributed by atoms with Crippen LogP contribution in [-0.2, 0) is 23.8 Å². The molecule has 0 aromatic heterocycles. The van der Waals surface area contributed by atoms with Crippen LogP contribution in [0.4, 0.5) is 0 Å². The van der Waals surface area contributed by atoms with Gasteiger partial charge in [0.05, 0.1) is 25.4 Å². The number of hydrogen-bond acceptors (Lipinski definition) is 10. The third kappa shape index (κ3) is 43.7. The minimum Gasteiger partial charge on any atom is -0.454 e. The summed E-state index contributed by atoms with van der Waals surface area (Å²) in [6.45, 7) is 5.74. The molecule has 1 fully saturated rings. The largest absolute Gasteiger partial charge is 0.454 e. The van der Waals surface area contributed by atoms with Crippen molar-refractivity contribution in [2.24, 2.45) is 0 Å². The highest BCUT2D eigenvalue weighted by molar-refractivity contribution is 5.80. The molecule has 79 heavy (non-hydrogen) atoms. The van der Waals surface area contributed by atoms with Crippen LogP contribution >= 0.6 is 0 Å². The molecule has 8 unspecified atom stereocenters. The number of ether oxygens (including phenoxy) is 3. The van der Waals surface area contributed by atoms with Crippen LogP contribution in [-0.4, -0.2) is 99.6 Å². The summed E-state index contributed by atoms with van der Waals surface area (Å²) in [6, 6.07) is -1.03. The molecule has 1 saturated heterocycles. The lowest BCUT2D eigenvalue weighted by Gasteiger charge is -2.41. The number of hydrogen-bond donors (Lipinski definition) is 6. The van der Waals surface area contributed by atoms with Crippen molar-refractivity contribution in [1.29, 1.82) is 0 Å². The molecular formula is C68H123NO10. The number of unbranched alkanes of at least 4 members (excludes halogenated alkanes) is 34. The van der Waals surface area contributed by atoms with E-state index in [1.165, 1.54) is 180 Å². The van der Waals surface area contributed by atoms with Crippen LogP contribution in [0.5, 0.6) is 0 Å². The van der Waals surface area contributed by atoms with E-state index in [9.17, 15) is 35.1 Å². The quantitative estimate of drug-likeness (QED) is 0.0195. The SMILES string of the molecule is CCCCC/C=C\C/C=C\C/C=C\CCCCCCCCCCCCCCCCC(=O)OC1C(OCC(NC(=O)C(O)CCCC/C=C\CCCCCCCC)C(O)/C=C/CCCCCCCCCCC)OC(CO)C(O)C1O. The third-order valence-corrected chi connectivity index (χ3v) is 15.4. The van der Waals surface area contributed by atoms with E-state index < -0.39 is 67.4 Å². The summed E-state index contributed by atoms with van der Waals surface area (Å²) >= 11 is 0. The first kappa shape index (κ1) is 74.4. The summed E-state index contributed by atoms with van der Waals surface area (Å²) in [4.78, 5) is 26.5. The van der Waals surface area contributed by atoms with Gasteiger partial charge in [-0.25, -0.2) is 0 Å². The Hall–Kier alpha value is -2.64. The maximum atomic E-state index is 13.4. The number of carbonyl (C=O) groups is 2. The molecule has 1 heterocycles. The second kappa shape index (κ2) is 55.9. The van der Waals surface area contributed by atoms with Crippen molar-refractivity contribution in [2.75, 3.05) is 13.2 Å². The smallest absolute Gasteiger partial charge is 0.306 e. The number of aliphatic hydroxyl groups excluding tert-OH is 5. The van der Waals surface area contributed by atoms with Crippen LogP contribution in [0.25, 0.3) is 0 Å². The van der Waals surface area contributed by atoms with Gasteiger partial charge in [0.25, 0.3) is 0 Å². The summed E-state index contributed by atoms with van der Waals surface area (Å²) in [5.41, 5.74) is 0. The van der Waals surface area contributed by atoms with Crippen LogP contribution in [0.15, 0.2) is 60.8 Å². The van der Waals surface area contributed by atoms with E-state index in [1.54, 1.807) is 6.08 Å². The molecule has 1 aliphatic rings. The fourth-order valence-electron chi connectivity index (χ4n) is 10.1. The van der Waals surface area contributed by atoms with Crippen molar-refractivity contribution in [2.45, 2.75) is 346 Å². The third-order valence-electron chi connectivity index (χ3n) is 15.4. The second-order valence-electron chi connectivity index (χ2n) is 22.8. The lowest BCUT2D eigenvalue weighted by Crippen LogP contribution is -2.61. The molecule has 0 aromatic carbocycles. The van der Waals surface area contributed by atoms with Gasteiger partial charge in [-0.2, -0.15) is 0 Å². The molecule has 0 bridgehead atoms. The molecule has 1 rings (SSSR count). The minimum absolute atomic E-state index is 0.121. The van der Waals surface area contributed by atoms with E-state index >= 15 is 0 Å². The summed E-state index contributed by atoms with van der Waals surface area (Å²) < 4.78 is 17.6. The predicted octanol–water partition coefficient (Wildman–Crippen LogP) is 16.2. The average Bonchev–Trinajstić information content (AvgIpc) is 3.47. The molecular weight excluding hydrogens is 991 g/mol. The Bertz CT molecular complexity index is 1510. The Morgan fingerprint density at radius 3 is 1.34 bits per heavy atom. The van der Waals surface area contributed by atoms with Crippen LogP contribution < -0.4 is 5.32 Å². The van der Waals surface area contributed by atoms with Gasteiger partial charge in [-0.05, 0) is 89.9 Å². The first-order valence-electron chi connectivity index (χ1n) is 33.1. The lowest BCUT2D eigenvalue weighted by atomic mass is 9.99. The number of nitrogens with one attached hydrogen (secondary N) is 1. The zero-order valence-electron chi connectivity index (χ0n) is 51.0. The van der Waals surface area contributed by atoms with Gasteiger partial charge < -0.3 is 45.1 Å². The number of amides is 1. The van der Waals surface area contributed by atoms with Gasteiger partial charge in [-0.3, -0.25) is 9.59 Å². The molecule has 0 radical (unpaired) electrons. The van der Waals surface area contributed by atoms with Crippen LogP contribution in [0.2, 0.25) is 0 Å². The highest BCUT2D eigenvalue weighted by Gasteiger charge is 2.47. The average molecular weight is 1110 g/mol.